The van der Waals surface area contributed by atoms with E-state index in [2.05, 4.69) is 40.3 Å². The lowest BCUT2D eigenvalue weighted by Gasteiger charge is -2.24. The molecule has 0 aliphatic rings. The highest BCUT2D eigenvalue weighted by Crippen LogP contribution is 2.22. The molecule has 0 bridgehead atoms. The smallest absolute Gasteiger partial charge is 0.176 e. The second-order valence-corrected chi connectivity index (χ2v) is 4.84. The fourth-order valence-electron chi connectivity index (χ4n) is 1.81. The van der Waals surface area contributed by atoms with Gasteiger partial charge in [0.1, 0.15) is 0 Å². The van der Waals surface area contributed by atoms with Crippen LogP contribution in [0, 0.1) is 0 Å². The SMILES string of the molecule is CCc1cc(Br)ccc1NC(C)C(OC)OC. The quantitative estimate of drug-likeness (QED) is 0.817. The first-order chi connectivity index (χ1) is 8.12. The van der Waals surface area contributed by atoms with Gasteiger partial charge in [-0.2, -0.15) is 0 Å². The number of halogens is 1. The molecule has 0 spiro atoms. The van der Waals surface area contributed by atoms with Gasteiger partial charge in [0.2, 0.25) is 0 Å². The first-order valence-electron chi connectivity index (χ1n) is 5.72. The Balaban J connectivity index is 2.80. The lowest BCUT2D eigenvalue weighted by Crippen LogP contribution is -2.34. The summed E-state index contributed by atoms with van der Waals surface area (Å²) in [5.74, 6) is 0. The Kier molecular flexibility index (Phi) is 5.95. The number of rotatable bonds is 6. The van der Waals surface area contributed by atoms with Gasteiger partial charge in [0.25, 0.3) is 0 Å². The maximum Gasteiger partial charge on any atom is 0.176 e. The summed E-state index contributed by atoms with van der Waals surface area (Å²) in [5, 5.41) is 3.42. The van der Waals surface area contributed by atoms with E-state index in [9.17, 15) is 0 Å². The van der Waals surface area contributed by atoms with Crippen molar-refractivity contribution >= 4 is 21.6 Å². The first kappa shape index (κ1) is 14.5. The van der Waals surface area contributed by atoms with Crippen LogP contribution in [0.15, 0.2) is 22.7 Å². The van der Waals surface area contributed by atoms with Crippen LogP contribution in [-0.2, 0) is 15.9 Å². The molecule has 0 aliphatic carbocycles. The summed E-state index contributed by atoms with van der Waals surface area (Å²) in [6.07, 6.45) is 0.738. The van der Waals surface area contributed by atoms with E-state index in [4.69, 9.17) is 9.47 Å². The minimum absolute atomic E-state index is 0.0940. The Bertz CT molecular complexity index is 353. The van der Waals surface area contributed by atoms with Gasteiger partial charge < -0.3 is 14.8 Å². The molecule has 1 N–H and O–H groups in total. The van der Waals surface area contributed by atoms with Gasteiger partial charge in [0.15, 0.2) is 6.29 Å². The highest BCUT2D eigenvalue weighted by molar-refractivity contribution is 9.10. The molecule has 0 saturated heterocycles. The van der Waals surface area contributed by atoms with Crippen molar-refractivity contribution < 1.29 is 9.47 Å². The molecule has 1 atom stereocenters. The fraction of sp³-hybridized carbons (Fsp3) is 0.538. The molecule has 0 radical (unpaired) electrons. The highest BCUT2D eigenvalue weighted by atomic mass is 79.9. The van der Waals surface area contributed by atoms with Gasteiger partial charge in [-0.05, 0) is 37.1 Å². The van der Waals surface area contributed by atoms with Crippen LogP contribution in [0.3, 0.4) is 0 Å². The maximum absolute atomic E-state index is 5.24. The molecular formula is C13H20BrNO2. The average Bonchev–Trinajstić information content (AvgIpc) is 2.33. The average molecular weight is 302 g/mol. The molecule has 0 heterocycles. The zero-order valence-corrected chi connectivity index (χ0v) is 12.4. The molecule has 1 aromatic carbocycles. The summed E-state index contributed by atoms with van der Waals surface area (Å²) < 4.78 is 11.6. The molecule has 3 nitrogen and oxygen atoms in total. The number of methoxy groups -OCH3 is 2. The Hall–Kier alpha value is -0.580. The minimum atomic E-state index is -0.247. The van der Waals surface area contributed by atoms with Crippen molar-refractivity contribution in [1.29, 1.82) is 0 Å². The van der Waals surface area contributed by atoms with Crippen molar-refractivity contribution in [2.45, 2.75) is 32.6 Å². The van der Waals surface area contributed by atoms with Crippen LogP contribution in [0.4, 0.5) is 5.69 Å². The molecule has 4 heteroatoms. The first-order valence-corrected chi connectivity index (χ1v) is 6.52. The Morgan fingerprint density at radius 1 is 1.29 bits per heavy atom. The number of hydrogen-bond donors (Lipinski definition) is 1. The summed E-state index contributed by atoms with van der Waals surface area (Å²) in [5.41, 5.74) is 2.40. The van der Waals surface area contributed by atoms with E-state index in [1.807, 2.05) is 13.0 Å². The van der Waals surface area contributed by atoms with Crippen LogP contribution < -0.4 is 5.32 Å². The molecular weight excluding hydrogens is 282 g/mol. The van der Waals surface area contributed by atoms with Crippen molar-refractivity contribution in [3.63, 3.8) is 0 Å². The monoisotopic (exact) mass is 301 g/mol. The molecule has 96 valence electrons. The van der Waals surface area contributed by atoms with E-state index in [0.717, 1.165) is 16.6 Å². The lowest BCUT2D eigenvalue weighted by molar-refractivity contribution is -0.109. The number of hydrogen-bond acceptors (Lipinski definition) is 3. The highest BCUT2D eigenvalue weighted by Gasteiger charge is 2.16. The summed E-state index contributed by atoms with van der Waals surface area (Å²) in [6.45, 7) is 4.18. The van der Waals surface area contributed by atoms with Gasteiger partial charge >= 0.3 is 0 Å². The third-order valence-corrected chi connectivity index (χ3v) is 3.20. The van der Waals surface area contributed by atoms with Gasteiger partial charge in [0, 0.05) is 24.4 Å². The van der Waals surface area contributed by atoms with E-state index in [1.165, 1.54) is 5.56 Å². The topological polar surface area (TPSA) is 30.5 Å². The number of anilines is 1. The molecule has 0 fully saturated rings. The van der Waals surface area contributed by atoms with Crippen LogP contribution in [0.5, 0.6) is 0 Å². The van der Waals surface area contributed by atoms with Crippen molar-refractivity contribution in [3.05, 3.63) is 28.2 Å². The van der Waals surface area contributed by atoms with Crippen molar-refractivity contribution in [2.24, 2.45) is 0 Å². The number of ether oxygens (including phenoxy) is 2. The predicted molar refractivity (Wildman–Crippen MR) is 74.4 cm³/mol. The molecule has 1 unspecified atom stereocenters. The fourth-order valence-corrected chi connectivity index (χ4v) is 2.22. The van der Waals surface area contributed by atoms with Crippen LogP contribution in [-0.4, -0.2) is 26.6 Å². The number of benzene rings is 1. The molecule has 0 saturated carbocycles. The Morgan fingerprint density at radius 2 is 1.94 bits per heavy atom. The molecule has 17 heavy (non-hydrogen) atoms. The summed E-state index contributed by atoms with van der Waals surface area (Å²) in [4.78, 5) is 0. The number of nitrogens with one attached hydrogen (secondary N) is 1. The van der Waals surface area contributed by atoms with E-state index < -0.39 is 0 Å². The largest absolute Gasteiger partial charge is 0.377 e. The Labute approximate surface area is 112 Å². The molecule has 1 aromatic rings. The lowest BCUT2D eigenvalue weighted by atomic mass is 10.1. The molecule has 0 aliphatic heterocycles. The van der Waals surface area contributed by atoms with Crippen LogP contribution >= 0.6 is 15.9 Å². The normalized spacial score (nSPS) is 12.8. The Morgan fingerprint density at radius 3 is 2.47 bits per heavy atom. The zero-order valence-electron chi connectivity index (χ0n) is 10.8. The van der Waals surface area contributed by atoms with Gasteiger partial charge in [-0.1, -0.05) is 22.9 Å². The van der Waals surface area contributed by atoms with E-state index >= 15 is 0 Å². The van der Waals surface area contributed by atoms with Gasteiger partial charge in [0.05, 0.1) is 6.04 Å². The van der Waals surface area contributed by atoms with Crippen molar-refractivity contribution in [2.75, 3.05) is 19.5 Å². The second-order valence-electron chi connectivity index (χ2n) is 3.93. The van der Waals surface area contributed by atoms with E-state index in [0.29, 0.717) is 0 Å². The second kappa shape index (κ2) is 6.99. The summed E-state index contributed by atoms with van der Waals surface area (Å²) in [6, 6.07) is 6.32. The standard InChI is InChI=1S/C13H20BrNO2/c1-5-10-8-11(14)6-7-12(10)15-9(2)13(16-3)17-4/h6-9,13,15H,5H2,1-4H3. The predicted octanol–water partition coefficient (Wildman–Crippen LogP) is 3.43. The van der Waals surface area contributed by atoms with Crippen LogP contribution in [0.2, 0.25) is 0 Å². The maximum atomic E-state index is 5.24. The molecule has 1 rings (SSSR count). The van der Waals surface area contributed by atoms with Gasteiger partial charge in [-0.3, -0.25) is 0 Å². The van der Waals surface area contributed by atoms with Gasteiger partial charge in [-0.25, -0.2) is 0 Å². The minimum Gasteiger partial charge on any atom is -0.377 e. The third kappa shape index (κ3) is 3.98. The number of aryl methyl sites for hydroxylation is 1. The molecule has 0 aromatic heterocycles. The van der Waals surface area contributed by atoms with Crippen LogP contribution in [0.25, 0.3) is 0 Å². The van der Waals surface area contributed by atoms with Gasteiger partial charge in [-0.15, -0.1) is 0 Å². The van der Waals surface area contributed by atoms with E-state index in [-0.39, 0.29) is 12.3 Å². The third-order valence-electron chi connectivity index (χ3n) is 2.70. The van der Waals surface area contributed by atoms with Crippen molar-refractivity contribution in [1.82, 2.24) is 0 Å². The van der Waals surface area contributed by atoms with Crippen LogP contribution in [0.1, 0.15) is 19.4 Å². The zero-order chi connectivity index (χ0) is 12.8. The van der Waals surface area contributed by atoms with E-state index in [1.54, 1.807) is 14.2 Å². The summed E-state index contributed by atoms with van der Waals surface area (Å²) in [7, 11) is 3.29. The summed E-state index contributed by atoms with van der Waals surface area (Å²) >= 11 is 3.48. The van der Waals surface area contributed by atoms with Crippen molar-refractivity contribution in [3.8, 4) is 0 Å². The molecule has 0 amide bonds.